The normalized spacial score (nSPS) is 13.6. The number of hydrogen-bond acceptors (Lipinski definition) is 6. The highest BCUT2D eigenvalue weighted by Crippen LogP contribution is 2.38. The van der Waals surface area contributed by atoms with Gasteiger partial charge in [-0.3, -0.25) is 0 Å². The molecule has 0 aliphatic carbocycles. The average Bonchev–Trinajstić information content (AvgIpc) is 3.32. The molecular weight excluding hydrogens is 494 g/mol. The lowest BCUT2D eigenvalue weighted by molar-refractivity contribution is 0.122. The third-order valence-corrected chi connectivity index (χ3v) is 7.06. The lowest BCUT2D eigenvalue weighted by Crippen LogP contribution is -2.37. The van der Waals surface area contributed by atoms with Crippen LogP contribution in [0.1, 0.15) is 12.0 Å². The Kier molecular flexibility index (Phi) is 7.01. The minimum atomic E-state index is -1.35. The molecule has 2 N–H and O–H groups in total. The molecule has 8 nitrogen and oxygen atoms in total. The number of anilines is 1. The van der Waals surface area contributed by atoms with E-state index in [0.29, 0.717) is 32.7 Å². The van der Waals surface area contributed by atoms with Crippen LogP contribution in [0.4, 0.5) is 10.6 Å². The van der Waals surface area contributed by atoms with Crippen molar-refractivity contribution < 1.29 is 24.1 Å². The lowest BCUT2D eigenvalue weighted by atomic mass is 10.0. The van der Waals surface area contributed by atoms with Crippen molar-refractivity contribution in [2.75, 3.05) is 37.8 Å². The van der Waals surface area contributed by atoms with E-state index in [1.165, 1.54) is 0 Å². The van der Waals surface area contributed by atoms with Gasteiger partial charge >= 0.3 is 6.16 Å². The molecule has 2 aromatic heterocycles. The molecule has 0 bridgehead atoms. The molecule has 39 heavy (non-hydrogen) atoms. The number of nitrogens with one attached hydrogen (secondary N) is 1. The monoisotopic (exact) mass is 523 g/mol. The van der Waals surface area contributed by atoms with Crippen LogP contribution in [-0.2, 0) is 11.2 Å². The average molecular weight is 524 g/mol. The molecule has 8 heteroatoms. The standard InChI is InChI=1S/C31H29N3O5/c35-31(36)39-30-26(13-6-18-38-27-14-3-8-21-7-1-2-9-22(21)27)24-11-4-10-23(28(24)33-30)25-12-5-15-32-29(25)34-16-19-37-20-17-34/h1-5,7-12,14-15,33H,6,13,16-20H2,(H,35,36). The second-order valence-corrected chi connectivity index (χ2v) is 9.43. The Morgan fingerprint density at radius 2 is 1.72 bits per heavy atom. The fraction of sp³-hybridized carbons (Fsp3) is 0.226. The molecule has 5 aromatic rings. The molecule has 1 aliphatic rings. The molecule has 0 atom stereocenters. The SMILES string of the molecule is O=C(O)Oc1[nH]c2c(-c3cccnc3N3CCOCC3)cccc2c1CCCOc1cccc2ccccc12. The van der Waals surface area contributed by atoms with Crippen LogP contribution in [0, 0.1) is 0 Å². The van der Waals surface area contributed by atoms with E-state index in [4.69, 9.17) is 14.2 Å². The summed E-state index contributed by atoms with van der Waals surface area (Å²) in [4.78, 5) is 21.7. The summed E-state index contributed by atoms with van der Waals surface area (Å²) in [5.41, 5.74) is 3.54. The zero-order chi connectivity index (χ0) is 26.6. The molecule has 1 saturated heterocycles. The van der Waals surface area contributed by atoms with Crippen molar-refractivity contribution >= 4 is 33.6 Å². The Morgan fingerprint density at radius 3 is 2.59 bits per heavy atom. The number of H-pyrrole nitrogens is 1. The minimum Gasteiger partial charge on any atom is -0.493 e. The molecule has 198 valence electrons. The molecule has 0 saturated carbocycles. The number of rotatable bonds is 8. The maximum atomic E-state index is 11.6. The number of benzene rings is 3. The summed E-state index contributed by atoms with van der Waals surface area (Å²) in [6.07, 6.45) is 1.71. The molecular formula is C31H29N3O5. The zero-order valence-electron chi connectivity index (χ0n) is 21.4. The van der Waals surface area contributed by atoms with Gasteiger partial charge in [0, 0.05) is 46.7 Å². The number of ether oxygens (including phenoxy) is 3. The van der Waals surface area contributed by atoms with Gasteiger partial charge in [0.2, 0.25) is 5.88 Å². The van der Waals surface area contributed by atoms with Crippen molar-refractivity contribution in [3.05, 3.63) is 84.6 Å². The number of aryl methyl sites for hydroxylation is 1. The maximum absolute atomic E-state index is 11.6. The van der Waals surface area contributed by atoms with Crippen molar-refractivity contribution in [3.63, 3.8) is 0 Å². The van der Waals surface area contributed by atoms with Crippen LogP contribution in [0.3, 0.4) is 0 Å². The van der Waals surface area contributed by atoms with Gasteiger partial charge in [-0.05, 0) is 36.4 Å². The summed E-state index contributed by atoms with van der Waals surface area (Å²) in [6, 6.07) is 24.1. The van der Waals surface area contributed by atoms with Crippen molar-refractivity contribution in [2.24, 2.45) is 0 Å². The molecule has 1 aliphatic heterocycles. The number of aromatic nitrogens is 2. The Labute approximate surface area is 225 Å². The molecule has 3 heterocycles. The number of hydrogen-bond donors (Lipinski definition) is 2. The Bertz CT molecular complexity index is 1620. The number of carboxylic acid groups (broad SMARTS) is 1. The first-order valence-electron chi connectivity index (χ1n) is 13.1. The molecule has 0 spiro atoms. The third-order valence-electron chi connectivity index (χ3n) is 7.06. The number of para-hydroxylation sites is 1. The second-order valence-electron chi connectivity index (χ2n) is 9.43. The van der Waals surface area contributed by atoms with Gasteiger partial charge in [0.15, 0.2) is 0 Å². The number of nitrogens with zero attached hydrogens (tertiary/aromatic N) is 2. The lowest BCUT2D eigenvalue weighted by Gasteiger charge is -2.29. The number of morpholine rings is 1. The third kappa shape index (κ3) is 5.11. The van der Waals surface area contributed by atoms with E-state index in [1.54, 1.807) is 6.20 Å². The van der Waals surface area contributed by atoms with E-state index >= 15 is 0 Å². The largest absolute Gasteiger partial charge is 0.512 e. The summed E-state index contributed by atoms with van der Waals surface area (Å²) >= 11 is 0. The fourth-order valence-electron chi connectivity index (χ4n) is 5.28. The van der Waals surface area contributed by atoms with Crippen LogP contribution >= 0.6 is 0 Å². The first-order chi connectivity index (χ1) is 19.2. The van der Waals surface area contributed by atoms with Crippen LogP contribution in [-0.4, -0.2) is 54.1 Å². The van der Waals surface area contributed by atoms with Crippen molar-refractivity contribution in [2.45, 2.75) is 12.8 Å². The van der Waals surface area contributed by atoms with Crippen LogP contribution in [0.5, 0.6) is 11.6 Å². The molecule has 0 unspecified atom stereocenters. The Hall–Kier alpha value is -4.56. The van der Waals surface area contributed by atoms with Gasteiger partial charge in [-0.15, -0.1) is 0 Å². The van der Waals surface area contributed by atoms with E-state index in [9.17, 15) is 9.90 Å². The summed E-state index contributed by atoms with van der Waals surface area (Å²) in [5.74, 6) is 1.96. The van der Waals surface area contributed by atoms with Gasteiger partial charge in [0.05, 0.1) is 25.3 Å². The summed E-state index contributed by atoms with van der Waals surface area (Å²) in [6.45, 7) is 3.32. The first kappa shape index (κ1) is 24.8. The summed E-state index contributed by atoms with van der Waals surface area (Å²) in [5, 5.41) is 12.6. The molecule has 6 rings (SSSR count). The van der Waals surface area contributed by atoms with Crippen LogP contribution < -0.4 is 14.4 Å². The van der Waals surface area contributed by atoms with Crippen molar-refractivity contribution in [3.8, 4) is 22.8 Å². The summed E-state index contributed by atoms with van der Waals surface area (Å²) < 4.78 is 16.9. The highest BCUT2D eigenvalue weighted by molar-refractivity contribution is 6.00. The van der Waals surface area contributed by atoms with E-state index in [0.717, 1.165) is 63.0 Å². The summed E-state index contributed by atoms with van der Waals surface area (Å²) in [7, 11) is 0. The smallest absolute Gasteiger partial charge is 0.493 e. The first-order valence-corrected chi connectivity index (χ1v) is 13.1. The number of aromatic amines is 1. The topological polar surface area (TPSA) is 96.9 Å². The van der Waals surface area contributed by atoms with Crippen LogP contribution in [0.2, 0.25) is 0 Å². The molecule has 1 fully saturated rings. The van der Waals surface area contributed by atoms with Gasteiger partial charge in [-0.25, -0.2) is 9.78 Å². The van der Waals surface area contributed by atoms with E-state index in [1.807, 2.05) is 60.7 Å². The van der Waals surface area contributed by atoms with E-state index in [2.05, 4.69) is 27.0 Å². The molecule has 0 radical (unpaired) electrons. The Morgan fingerprint density at radius 1 is 0.949 bits per heavy atom. The van der Waals surface area contributed by atoms with Gasteiger partial charge in [0.1, 0.15) is 11.6 Å². The maximum Gasteiger partial charge on any atom is 0.512 e. The van der Waals surface area contributed by atoms with E-state index in [-0.39, 0.29) is 5.88 Å². The molecule has 3 aromatic carbocycles. The number of pyridine rings is 1. The molecule has 0 amide bonds. The van der Waals surface area contributed by atoms with E-state index < -0.39 is 6.16 Å². The highest BCUT2D eigenvalue weighted by Gasteiger charge is 2.22. The second kappa shape index (κ2) is 11.0. The van der Waals surface area contributed by atoms with Crippen LogP contribution in [0.15, 0.2) is 79.0 Å². The van der Waals surface area contributed by atoms with Crippen LogP contribution in [0.25, 0.3) is 32.8 Å². The zero-order valence-corrected chi connectivity index (χ0v) is 21.4. The van der Waals surface area contributed by atoms with Gasteiger partial charge in [-0.2, -0.15) is 0 Å². The highest BCUT2D eigenvalue weighted by atomic mass is 16.7. The predicted octanol–water partition coefficient (Wildman–Crippen LogP) is 6.29. The number of carbonyl (C=O) groups is 1. The fourth-order valence-corrected chi connectivity index (χ4v) is 5.28. The predicted molar refractivity (Wildman–Crippen MR) is 151 cm³/mol. The van der Waals surface area contributed by atoms with Crippen molar-refractivity contribution in [1.82, 2.24) is 9.97 Å². The van der Waals surface area contributed by atoms with Gasteiger partial charge in [0.25, 0.3) is 0 Å². The van der Waals surface area contributed by atoms with Crippen molar-refractivity contribution in [1.29, 1.82) is 0 Å². The minimum absolute atomic E-state index is 0.243. The Balaban J connectivity index is 1.29. The van der Waals surface area contributed by atoms with Gasteiger partial charge in [-0.1, -0.05) is 54.6 Å². The quantitative estimate of drug-likeness (QED) is 0.182. The van der Waals surface area contributed by atoms with Gasteiger partial charge < -0.3 is 29.2 Å². The number of fused-ring (bicyclic) bond motifs is 2.